The first kappa shape index (κ1) is 19.5. The van der Waals surface area contributed by atoms with Crippen molar-refractivity contribution < 1.29 is 0 Å². The van der Waals surface area contributed by atoms with Crippen molar-refractivity contribution in [3.63, 3.8) is 0 Å². The molecule has 36 heavy (non-hydrogen) atoms. The summed E-state index contributed by atoms with van der Waals surface area (Å²) in [4.78, 5) is 25.2. The Labute approximate surface area is 205 Å². The predicted molar refractivity (Wildman–Crippen MR) is 146 cm³/mol. The number of imidazole rings is 2. The van der Waals surface area contributed by atoms with Gasteiger partial charge in [-0.25, -0.2) is 9.97 Å². The van der Waals surface area contributed by atoms with Crippen molar-refractivity contribution in [1.82, 2.24) is 29.9 Å². The number of H-pyrrole nitrogens is 2. The van der Waals surface area contributed by atoms with Crippen LogP contribution in [0.25, 0.3) is 76.3 Å². The van der Waals surface area contributed by atoms with Crippen LogP contribution in [-0.2, 0) is 0 Å². The fraction of sp³-hybridized carbons (Fsp3) is 0.0667. The molecule has 0 aliphatic carbocycles. The summed E-state index contributed by atoms with van der Waals surface area (Å²) in [7, 11) is 0. The summed E-state index contributed by atoms with van der Waals surface area (Å²) in [5.74, 6) is 1.81. The first-order chi connectivity index (χ1) is 17.7. The van der Waals surface area contributed by atoms with Gasteiger partial charge in [-0.15, -0.1) is 0 Å². The van der Waals surface area contributed by atoms with Crippen LogP contribution >= 0.6 is 0 Å². The summed E-state index contributed by atoms with van der Waals surface area (Å²) in [5.41, 5.74) is 6.40. The van der Waals surface area contributed by atoms with Crippen LogP contribution in [0.1, 0.15) is 11.6 Å². The van der Waals surface area contributed by atoms with Crippen molar-refractivity contribution >= 4 is 65.2 Å². The number of benzene rings is 4. The number of nitrogens with zero attached hydrogens (tertiary/aromatic N) is 4. The van der Waals surface area contributed by atoms with Crippen LogP contribution in [0.3, 0.4) is 0 Å². The predicted octanol–water partition coefficient (Wildman–Crippen LogP) is 7.13. The number of nitrogens with one attached hydrogen (secondary N) is 2. The summed E-state index contributed by atoms with van der Waals surface area (Å²) >= 11 is 0. The van der Waals surface area contributed by atoms with Crippen molar-refractivity contribution in [2.24, 2.45) is 0 Å². The molecule has 4 aromatic carbocycles. The third-order valence-electron chi connectivity index (χ3n) is 7.29. The van der Waals surface area contributed by atoms with Crippen molar-refractivity contribution in [3.8, 4) is 11.1 Å². The molecule has 0 aliphatic rings. The molecule has 0 saturated carbocycles. The van der Waals surface area contributed by atoms with Crippen LogP contribution in [-0.4, -0.2) is 29.9 Å². The number of rotatable bonds is 1. The van der Waals surface area contributed by atoms with Gasteiger partial charge >= 0.3 is 0 Å². The number of aryl methyl sites for hydroxylation is 2. The van der Waals surface area contributed by atoms with Crippen LogP contribution in [0.5, 0.6) is 0 Å². The van der Waals surface area contributed by atoms with Gasteiger partial charge in [0.05, 0.1) is 22.1 Å². The van der Waals surface area contributed by atoms with Crippen LogP contribution in [0.2, 0.25) is 0 Å². The third kappa shape index (κ3) is 2.55. The maximum atomic E-state index is 4.75. The zero-order valence-corrected chi connectivity index (χ0v) is 19.7. The molecule has 0 radical (unpaired) electrons. The third-order valence-corrected chi connectivity index (χ3v) is 7.29. The molecule has 0 aliphatic heterocycles. The Kier molecular flexibility index (Phi) is 3.71. The van der Waals surface area contributed by atoms with Gasteiger partial charge in [0, 0.05) is 46.3 Å². The van der Waals surface area contributed by atoms with Crippen LogP contribution < -0.4 is 0 Å². The summed E-state index contributed by atoms with van der Waals surface area (Å²) in [6, 6.07) is 17.6. The first-order valence-corrected chi connectivity index (χ1v) is 12.0. The van der Waals surface area contributed by atoms with Gasteiger partial charge in [-0.1, -0.05) is 24.3 Å². The van der Waals surface area contributed by atoms with Crippen molar-refractivity contribution in [2.45, 2.75) is 13.8 Å². The Morgan fingerprint density at radius 1 is 0.500 bits per heavy atom. The number of aromatic nitrogens is 6. The lowest BCUT2D eigenvalue weighted by atomic mass is 9.94. The molecule has 8 rings (SSSR count). The number of fused-ring (bicyclic) bond motifs is 12. The lowest BCUT2D eigenvalue weighted by Crippen LogP contribution is -1.87. The molecule has 4 aromatic heterocycles. The standard InChI is InChI=1S/C30H20N6/c1-15-33-27-21-5-3-17(11-23(21)19-7-9-31-13-25(19)29(27)35-15)18-4-6-22-24(12-18)20-8-10-32-14-26(20)30-28(22)34-16(2)36-30/h3-14H,1-2H3,(H,33,35)(H,34,36). The van der Waals surface area contributed by atoms with Gasteiger partial charge in [0.15, 0.2) is 0 Å². The van der Waals surface area contributed by atoms with Gasteiger partial charge < -0.3 is 9.97 Å². The molecule has 0 amide bonds. The highest BCUT2D eigenvalue weighted by molar-refractivity contribution is 6.25. The molecular formula is C30H20N6. The number of pyridine rings is 2. The zero-order chi connectivity index (χ0) is 24.0. The molecule has 2 N–H and O–H groups in total. The molecule has 0 spiro atoms. The molecule has 4 heterocycles. The normalized spacial score (nSPS) is 12.2. The Morgan fingerprint density at radius 3 is 1.44 bits per heavy atom. The fourth-order valence-electron chi connectivity index (χ4n) is 5.73. The Morgan fingerprint density at radius 2 is 0.972 bits per heavy atom. The van der Waals surface area contributed by atoms with Crippen LogP contribution in [0, 0.1) is 13.8 Å². The minimum atomic E-state index is 0.906. The van der Waals surface area contributed by atoms with E-state index < -0.39 is 0 Å². The van der Waals surface area contributed by atoms with Gasteiger partial charge in [-0.3, -0.25) is 9.97 Å². The van der Waals surface area contributed by atoms with E-state index in [9.17, 15) is 0 Å². The molecule has 8 aromatic rings. The van der Waals surface area contributed by atoms with E-state index in [1.165, 1.54) is 32.7 Å². The average molecular weight is 465 g/mol. The number of hydrogen-bond acceptors (Lipinski definition) is 4. The highest BCUT2D eigenvalue weighted by atomic mass is 14.9. The molecule has 6 heteroatoms. The minimum absolute atomic E-state index is 0.906. The second-order valence-electron chi connectivity index (χ2n) is 9.45. The fourth-order valence-corrected chi connectivity index (χ4v) is 5.73. The van der Waals surface area contributed by atoms with Gasteiger partial charge in [0.2, 0.25) is 0 Å². The Bertz CT molecular complexity index is 2030. The molecule has 0 saturated heterocycles. The number of hydrogen-bond donors (Lipinski definition) is 2. The van der Waals surface area contributed by atoms with Gasteiger partial charge in [0.1, 0.15) is 11.6 Å². The molecule has 0 bridgehead atoms. The molecule has 6 nitrogen and oxygen atoms in total. The van der Waals surface area contributed by atoms with Gasteiger partial charge in [-0.2, -0.15) is 0 Å². The molecule has 0 atom stereocenters. The molecule has 0 unspecified atom stereocenters. The SMILES string of the molecule is Cc1nc2c3cnccc3c3cc(-c4ccc5c(c4)c4ccncc4c4nc(C)[nH]c54)ccc3c2[nH]1. The van der Waals surface area contributed by atoms with E-state index in [1.54, 1.807) is 0 Å². The summed E-state index contributed by atoms with van der Waals surface area (Å²) in [6.45, 7) is 3.99. The highest BCUT2D eigenvalue weighted by Gasteiger charge is 2.15. The zero-order valence-electron chi connectivity index (χ0n) is 19.7. The topological polar surface area (TPSA) is 83.1 Å². The summed E-state index contributed by atoms with van der Waals surface area (Å²) in [5, 5.41) is 9.16. The average Bonchev–Trinajstić information content (AvgIpc) is 3.51. The van der Waals surface area contributed by atoms with E-state index in [4.69, 9.17) is 9.97 Å². The van der Waals surface area contributed by atoms with Crippen molar-refractivity contribution in [3.05, 3.63) is 85.0 Å². The monoisotopic (exact) mass is 464 g/mol. The maximum absolute atomic E-state index is 4.75. The largest absolute Gasteiger partial charge is 0.342 e. The van der Waals surface area contributed by atoms with Crippen molar-refractivity contribution in [2.75, 3.05) is 0 Å². The van der Waals surface area contributed by atoms with Gasteiger partial charge in [-0.05, 0) is 70.8 Å². The first-order valence-electron chi connectivity index (χ1n) is 12.0. The lowest BCUT2D eigenvalue weighted by molar-refractivity contribution is 1.17. The van der Waals surface area contributed by atoms with Crippen molar-refractivity contribution in [1.29, 1.82) is 0 Å². The lowest BCUT2D eigenvalue weighted by Gasteiger charge is -2.11. The van der Waals surface area contributed by atoms with E-state index in [2.05, 4.69) is 68.5 Å². The van der Waals surface area contributed by atoms with Crippen LogP contribution in [0.4, 0.5) is 0 Å². The summed E-state index contributed by atoms with van der Waals surface area (Å²) < 4.78 is 0. The van der Waals surface area contributed by atoms with Gasteiger partial charge in [0.25, 0.3) is 0 Å². The van der Waals surface area contributed by atoms with E-state index in [1.807, 2.05) is 38.6 Å². The maximum Gasteiger partial charge on any atom is 0.104 e. The second-order valence-corrected chi connectivity index (χ2v) is 9.45. The highest BCUT2D eigenvalue weighted by Crippen LogP contribution is 2.38. The quantitative estimate of drug-likeness (QED) is 0.253. The Balaban J connectivity index is 1.45. The van der Waals surface area contributed by atoms with E-state index in [-0.39, 0.29) is 0 Å². The van der Waals surface area contributed by atoms with E-state index in [0.717, 1.165) is 55.3 Å². The minimum Gasteiger partial charge on any atom is -0.342 e. The molecular weight excluding hydrogens is 444 g/mol. The van der Waals surface area contributed by atoms with E-state index in [0.29, 0.717) is 0 Å². The second kappa shape index (κ2) is 6.86. The molecule has 0 fully saturated rings. The smallest absolute Gasteiger partial charge is 0.104 e. The van der Waals surface area contributed by atoms with E-state index >= 15 is 0 Å². The number of aromatic amines is 2. The Hall–Kier alpha value is -4.84. The molecule has 170 valence electrons. The van der Waals surface area contributed by atoms with Crippen LogP contribution in [0.15, 0.2) is 73.3 Å². The summed E-state index contributed by atoms with van der Waals surface area (Å²) in [6.07, 6.45) is 7.54.